The third-order valence-corrected chi connectivity index (χ3v) is 4.02. The van der Waals surface area contributed by atoms with Crippen molar-refractivity contribution in [1.29, 1.82) is 0 Å². The largest absolute Gasteiger partial charge is 0.306 e. The van der Waals surface area contributed by atoms with Gasteiger partial charge in [-0.25, -0.2) is 0 Å². The Labute approximate surface area is 132 Å². The monoisotopic (exact) mass is 357 g/mol. The molecule has 1 nitrogen and oxygen atoms in total. The molecule has 0 saturated carbocycles. The molecule has 0 aliphatic heterocycles. The number of rotatable bonds is 4. The molecule has 2 aromatic rings. The molecule has 0 radical (unpaired) electrons. The summed E-state index contributed by atoms with van der Waals surface area (Å²) >= 11 is 15.7. The lowest BCUT2D eigenvalue weighted by molar-refractivity contribution is 0.628. The van der Waals surface area contributed by atoms with Gasteiger partial charge in [0.05, 0.1) is 6.04 Å². The van der Waals surface area contributed by atoms with Crippen LogP contribution in [-0.2, 0) is 0 Å². The summed E-state index contributed by atoms with van der Waals surface area (Å²) in [5.74, 6) is 0. The van der Waals surface area contributed by atoms with Gasteiger partial charge >= 0.3 is 0 Å². The van der Waals surface area contributed by atoms with Crippen LogP contribution in [0.1, 0.15) is 24.1 Å². The van der Waals surface area contributed by atoms with Crippen LogP contribution in [0, 0.1) is 0 Å². The molecule has 4 heteroatoms. The molecule has 1 N–H and O–H groups in total. The molecule has 0 aliphatic carbocycles. The van der Waals surface area contributed by atoms with E-state index in [0.717, 1.165) is 32.2 Å². The van der Waals surface area contributed by atoms with Gasteiger partial charge in [-0.2, -0.15) is 0 Å². The van der Waals surface area contributed by atoms with Gasteiger partial charge in [-0.3, -0.25) is 0 Å². The summed E-state index contributed by atoms with van der Waals surface area (Å²) in [6, 6.07) is 13.8. The summed E-state index contributed by atoms with van der Waals surface area (Å²) in [5.41, 5.74) is 2.28. The number of nitrogens with one attached hydrogen (secondary N) is 1. The molecule has 0 bridgehead atoms. The minimum absolute atomic E-state index is 0.0929. The van der Waals surface area contributed by atoms with E-state index in [2.05, 4.69) is 34.2 Å². The zero-order valence-corrected chi connectivity index (χ0v) is 13.6. The minimum Gasteiger partial charge on any atom is -0.306 e. The van der Waals surface area contributed by atoms with Crippen molar-refractivity contribution >= 4 is 39.1 Å². The Morgan fingerprint density at radius 3 is 2.47 bits per heavy atom. The summed E-state index contributed by atoms with van der Waals surface area (Å²) < 4.78 is 0.992. The molecule has 0 spiro atoms. The first-order chi connectivity index (χ1) is 9.11. The second kappa shape index (κ2) is 6.76. The first kappa shape index (κ1) is 14.9. The van der Waals surface area contributed by atoms with Crippen molar-refractivity contribution in [2.24, 2.45) is 0 Å². The molecule has 0 heterocycles. The molecule has 0 saturated heterocycles. The Bertz CT molecular complexity index is 572. The molecule has 19 heavy (non-hydrogen) atoms. The molecule has 0 aromatic heterocycles. The van der Waals surface area contributed by atoms with E-state index in [4.69, 9.17) is 23.2 Å². The Balaban J connectivity index is 2.45. The Kier molecular flexibility index (Phi) is 5.28. The van der Waals surface area contributed by atoms with Crippen molar-refractivity contribution in [2.75, 3.05) is 6.54 Å². The van der Waals surface area contributed by atoms with Crippen LogP contribution in [0.3, 0.4) is 0 Å². The molecule has 100 valence electrons. The van der Waals surface area contributed by atoms with Crippen molar-refractivity contribution in [2.45, 2.75) is 13.0 Å². The predicted molar refractivity (Wildman–Crippen MR) is 86.1 cm³/mol. The Morgan fingerprint density at radius 1 is 1.11 bits per heavy atom. The highest BCUT2D eigenvalue weighted by Crippen LogP contribution is 2.31. The quantitative estimate of drug-likeness (QED) is 0.765. The van der Waals surface area contributed by atoms with Gasteiger partial charge in [0.1, 0.15) is 0 Å². The number of hydrogen-bond donors (Lipinski definition) is 1. The number of hydrogen-bond acceptors (Lipinski definition) is 1. The van der Waals surface area contributed by atoms with Crippen LogP contribution < -0.4 is 5.32 Å². The summed E-state index contributed by atoms with van der Waals surface area (Å²) in [6.07, 6.45) is 0. The highest BCUT2D eigenvalue weighted by Gasteiger charge is 2.16. The molecule has 1 atom stereocenters. The zero-order valence-electron chi connectivity index (χ0n) is 10.5. The minimum atomic E-state index is 0.0929. The van der Waals surface area contributed by atoms with Crippen molar-refractivity contribution in [3.63, 3.8) is 0 Å². The van der Waals surface area contributed by atoms with Crippen LogP contribution in [0.25, 0.3) is 0 Å². The van der Waals surface area contributed by atoms with Gasteiger partial charge in [0.2, 0.25) is 0 Å². The molecule has 0 fully saturated rings. The van der Waals surface area contributed by atoms with Gasteiger partial charge in [0.15, 0.2) is 0 Å². The van der Waals surface area contributed by atoms with Gasteiger partial charge in [-0.1, -0.05) is 64.3 Å². The fraction of sp³-hybridized carbons (Fsp3) is 0.200. The molecule has 2 rings (SSSR count). The van der Waals surface area contributed by atoms with E-state index in [-0.39, 0.29) is 6.04 Å². The predicted octanol–water partition coefficient (Wildman–Crippen LogP) is 5.45. The first-order valence-electron chi connectivity index (χ1n) is 6.05. The van der Waals surface area contributed by atoms with Crippen LogP contribution in [0.2, 0.25) is 10.0 Å². The maximum Gasteiger partial charge on any atom is 0.0588 e. The Morgan fingerprint density at radius 2 is 1.84 bits per heavy atom. The third-order valence-electron chi connectivity index (χ3n) is 2.86. The smallest absolute Gasteiger partial charge is 0.0588 e. The second-order valence-electron chi connectivity index (χ2n) is 4.21. The maximum atomic E-state index is 6.08. The van der Waals surface area contributed by atoms with E-state index in [1.54, 1.807) is 0 Å². The summed E-state index contributed by atoms with van der Waals surface area (Å²) in [6.45, 7) is 2.95. The number of halogens is 3. The standard InChI is InChI=1S/C15H14BrCl2N/c1-2-19-15(10-4-3-5-11(17)8-10)13-7-6-12(18)9-14(13)16/h3-9,15,19H,2H2,1H3. The van der Waals surface area contributed by atoms with Crippen LogP contribution in [0.15, 0.2) is 46.9 Å². The van der Waals surface area contributed by atoms with Gasteiger partial charge < -0.3 is 5.32 Å². The topological polar surface area (TPSA) is 12.0 Å². The van der Waals surface area contributed by atoms with Crippen LogP contribution in [-0.4, -0.2) is 6.54 Å². The van der Waals surface area contributed by atoms with Crippen molar-refractivity contribution in [3.8, 4) is 0 Å². The van der Waals surface area contributed by atoms with Gasteiger partial charge in [0, 0.05) is 14.5 Å². The van der Waals surface area contributed by atoms with Crippen molar-refractivity contribution < 1.29 is 0 Å². The fourth-order valence-corrected chi connectivity index (χ4v) is 3.14. The van der Waals surface area contributed by atoms with Crippen LogP contribution >= 0.6 is 39.1 Å². The van der Waals surface area contributed by atoms with Gasteiger partial charge in [-0.05, 0) is 41.9 Å². The van der Waals surface area contributed by atoms with Crippen molar-refractivity contribution in [1.82, 2.24) is 5.32 Å². The van der Waals surface area contributed by atoms with Crippen molar-refractivity contribution in [3.05, 3.63) is 68.1 Å². The lowest BCUT2D eigenvalue weighted by Gasteiger charge is -2.20. The molecule has 1 unspecified atom stereocenters. The van der Waals surface area contributed by atoms with Crippen LogP contribution in [0.5, 0.6) is 0 Å². The maximum absolute atomic E-state index is 6.08. The van der Waals surface area contributed by atoms with Gasteiger partial charge in [0.25, 0.3) is 0 Å². The normalized spacial score (nSPS) is 12.4. The molecule has 2 aromatic carbocycles. The number of benzene rings is 2. The lowest BCUT2D eigenvalue weighted by atomic mass is 9.99. The average molecular weight is 359 g/mol. The molecular formula is C15H14BrCl2N. The first-order valence-corrected chi connectivity index (χ1v) is 7.60. The lowest BCUT2D eigenvalue weighted by Crippen LogP contribution is -2.22. The SMILES string of the molecule is CCNC(c1cccc(Cl)c1)c1ccc(Cl)cc1Br. The van der Waals surface area contributed by atoms with E-state index in [1.807, 2.05) is 36.4 Å². The van der Waals surface area contributed by atoms with E-state index in [1.165, 1.54) is 0 Å². The fourth-order valence-electron chi connectivity index (χ4n) is 2.03. The second-order valence-corrected chi connectivity index (χ2v) is 5.94. The highest BCUT2D eigenvalue weighted by molar-refractivity contribution is 9.10. The van der Waals surface area contributed by atoms with E-state index >= 15 is 0 Å². The summed E-state index contributed by atoms with van der Waals surface area (Å²) in [7, 11) is 0. The third kappa shape index (κ3) is 3.73. The van der Waals surface area contributed by atoms with E-state index < -0.39 is 0 Å². The highest BCUT2D eigenvalue weighted by atomic mass is 79.9. The van der Waals surface area contributed by atoms with E-state index in [9.17, 15) is 0 Å². The molecule has 0 aliphatic rings. The zero-order chi connectivity index (χ0) is 13.8. The Hall–Kier alpha value is -0.540. The average Bonchev–Trinajstić information content (AvgIpc) is 2.37. The van der Waals surface area contributed by atoms with Crippen LogP contribution in [0.4, 0.5) is 0 Å². The van der Waals surface area contributed by atoms with Gasteiger partial charge in [-0.15, -0.1) is 0 Å². The summed E-state index contributed by atoms with van der Waals surface area (Å²) in [4.78, 5) is 0. The molecule has 0 amide bonds. The summed E-state index contributed by atoms with van der Waals surface area (Å²) in [5, 5.41) is 4.93. The van der Waals surface area contributed by atoms with E-state index in [0.29, 0.717) is 0 Å². The molecular weight excluding hydrogens is 345 g/mol.